The molecule has 1 fully saturated rings. The van der Waals surface area contributed by atoms with E-state index in [0.29, 0.717) is 12.2 Å². The Labute approximate surface area is 192 Å². The Morgan fingerprint density at radius 2 is 1.09 bits per heavy atom. The molecule has 1 saturated heterocycles. The highest BCUT2D eigenvalue weighted by Crippen LogP contribution is 2.39. The Hall–Kier alpha value is -1.78. The molecule has 0 amide bonds. The minimum absolute atomic E-state index is 0.0894. The largest absolute Gasteiger partial charge is 0.508 e. The summed E-state index contributed by atoms with van der Waals surface area (Å²) in [6, 6.07) is 0. The molecule has 4 atom stereocenters. The topological polar surface area (TPSA) is 214 Å². The fraction of sp³-hybridized carbons (Fsp3) is 0.579. The summed E-state index contributed by atoms with van der Waals surface area (Å²) < 4.78 is 63.8. The van der Waals surface area contributed by atoms with Gasteiger partial charge in [-0.05, 0) is 11.1 Å². The Morgan fingerprint density at radius 3 is 1.33 bits per heavy atom. The molecular formula is C19H30N2O10S2. The van der Waals surface area contributed by atoms with Gasteiger partial charge in [0.1, 0.15) is 11.5 Å². The van der Waals surface area contributed by atoms with Crippen molar-refractivity contribution in [2.75, 3.05) is 26.2 Å². The molecule has 188 valence electrons. The number of piperazine rings is 1. The molecule has 1 aliphatic heterocycles. The van der Waals surface area contributed by atoms with Crippen molar-refractivity contribution in [1.82, 2.24) is 10.6 Å². The van der Waals surface area contributed by atoms with Crippen LogP contribution in [0, 0.1) is 11.8 Å². The Kier molecular flexibility index (Phi) is 8.19. The van der Waals surface area contributed by atoms with E-state index in [4.69, 9.17) is 0 Å². The van der Waals surface area contributed by atoms with E-state index in [-0.39, 0.29) is 17.6 Å². The lowest BCUT2D eigenvalue weighted by Gasteiger charge is -2.32. The summed E-state index contributed by atoms with van der Waals surface area (Å²) in [6.07, 6.45) is 3.26. The lowest BCUT2D eigenvalue weighted by Crippen LogP contribution is -2.44. The maximum absolute atomic E-state index is 11.4. The Bertz CT molecular complexity index is 998. The third kappa shape index (κ3) is 5.84. The molecule has 14 heteroatoms. The van der Waals surface area contributed by atoms with Gasteiger partial charge >= 0.3 is 0 Å². The number of hydrogen-bond donors (Lipinski definition) is 8. The number of aliphatic hydroxyl groups excluding tert-OH is 2. The van der Waals surface area contributed by atoms with Crippen LogP contribution >= 0.6 is 0 Å². The summed E-state index contributed by atoms with van der Waals surface area (Å²) in [4.78, 5) is -5.45. The standard InChI is InChI=1S/C15H20O10S2.C4H10N2/c1-8-3-10(12(16)6-14(8,18)26(20,21)22)5-11-4-9(2)15(19,7-13(11)17)27(23,24)25;1-2-6-4-3-5-1/h3-4,6-9,16-19H,5H2,1-2H3,(H,20,21,22)(H,23,24,25);5-6H,1-4H2. The third-order valence-corrected chi connectivity index (χ3v) is 8.35. The van der Waals surface area contributed by atoms with Crippen LogP contribution in [0.4, 0.5) is 0 Å². The van der Waals surface area contributed by atoms with Gasteiger partial charge in [-0.2, -0.15) is 16.8 Å². The molecule has 12 nitrogen and oxygen atoms in total. The van der Waals surface area contributed by atoms with E-state index in [2.05, 4.69) is 10.6 Å². The van der Waals surface area contributed by atoms with Gasteiger partial charge in [-0.25, -0.2) is 0 Å². The van der Waals surface area contributed by atoms with E-state index in [9.17, 15) is 46.4 Å². The van der Waals surface area contributed by atoms with Crippen LogP contribution in [0.25, 0.3) is 0 Å². The van der Waals surface area contributed by atoms with Gasteiger partial charge in [0.25, 0.3) is 20.2 Å². The minimum Gasteiger partial charge on any atom is -0.508 e. The number of allylic oxidation sites excluding steroid dienone is 2. The van der Waals surface area contributed by atoms with E-state index in [0.717, 1.165) is 26.2 Å². The van der Waals surface area contributed by atoms with Gasteiger partial charge in [0, 0.05) is 56.6 Å². The molecule has 33 heavy (non-hydrogen) atoms. The summed E-state index contributed by atoms with van der Waals surface area (Å²) in [5.41, 5.74) is 0.179. The van der Waals surface area contributed by atoms with Gasteiger partial charge in [0.2, 0.25) is 9.87 Å². The van der Waals surface area contributed by atoms with Gasteiger partial charge in [-0.15, -0.1) is 0 Å². The van der Waals surface area contributed by atoms with Crippen LogP contribution in [0.2, 0.25) is 0 Å². The predicted molar refractivity (Wildman–Crippen MR) is 119 cm³/mol. The number of aliphatic hydroxyl groups is 4. The molecule has 8 N–H and O–H groups in total. The van der Waals surface area contributed by atoms with Crippen LogP contribution in [0.15, 0.2) is 47.0 Å². The maximum Gasteiger partial charge on any atom is 0.299 e. The first kappa shape index (κ1) is 27.5. The molecule has 0 saturated carbocycles. The van der Waals surface area contributed by atoms with Crippen LogP contribution in [-0.2, 0) is 20.2 Å². The Balaban J connectivity index is 0.000000554. The molecule has 1 heterocycles. The minimum atomic E-state index is -4.94. The van der Waals surface area contributed by atoms with Gasteiger partial charge in [0.05, 0.1) is 0 Å². The van der Waals surface area contributed by atoms with E-state index in [1.807, 2.05) is 0 Å². The van der Waals surface area contributed by atoms with Gasteiger partial charge in [0.15, 0.2) is 0 Å². The molecule has 2 aliphatic carbocycles. The van der Waals surface area contributed by atoms with Crippen LogP contribution in [0.1, 0.15) is 20.3 Å². The first-order chi connectivity index (χ1) is 15.0. The van der Waals surface area contributed by atoms with Crippen molar-refractivity contribution in [3.8, 4) is 0 Å². The number of hydrogen-bond acceptors (Lipinski definition) is 10. The normalized spacial score (nSPS) is 33.0. The second kappa shape index (κ2) is 9.84. The van der Waals surface area contributed by atoms with Crippen molar-refractivity contribution >= 4 is 20.2 Å². The van der Waals surface area contributed by atoms with Crippen LogP contribution in [-0.4, -0.2) is 82.4 Å². The van der Waals surface area contributed by atoms with Crippen molar-refractivity contribution in [3.05, 3.63) is 47.0 Å². The van der Waals surface area contributed by atoms with E-state index < -0.39 is 53.5 Å². The van der Waals surface area contributed by atoms with Gasteiger partial charge in [-0.3, -0.25) is 9.11 Å². The smallest absolute Gasteiger partial charge is 0.299 e. The number of rotatable bonds is 4. The molecule has 3 rings (SSSR count). The number of nitrogens with one attached hydrogen (secondary N) is 2. The highest BCUT2D eigenvalue weighted by Gasteiger charge is 2.48. The SMILES string of the molecule is C1CNCCN1.CC1C=C(CC2=CC(C)C(O)(S(=O)(=O)O)C=C2O)C(O)=CC1(O)S(=O)(=O)O. The zero-order valence-electron chi connectivity index (χ0n) is 18.1. The summed E-state index contributed by atoms with van der Waals surface area (Å²) in [5, 5.41) is 46.7. The summed E-state index contributed by atoms with van der Waals surface area (Å²) in [5.74, 6) is -3.63. The molecule has 0 bridgehead atoms. The van der Waals surface area contributed by atoms with Gasteiger partial charge < -0.3 is 31.1 Å². The summed E-state index contributed by atoms with van der Waals surface area (Å²) >= 11 is 0. The summed E-state index contributed by atoms with van der Waals surface area (Å²) in [6.45, 7) is 7.11. The zero-order valence-corrected chi connectivity index (χ0v) is 19.8. The molecular weight excluding hydrogens is 480 g/mol. The highest BCUT2D eigenvalue weighted by atomic mass is 32.2. The summed E-state index contributed by atoms with van der Waals surface area (Å²) in [7, 11) is -9.89. The molecule has 0 radical (unpaired) electrons. The van der Waals surface area contributed by atoms with E-state index in [1.165, 1.54) is 26.0 Å². The average Bonchev–Trinajstić information content (AvgIpc) is 2.70. The fourth-order valence-corrected chi connectivity index (χ4v) is 5.18. The van der Waals surface area contributed by atoms with Crippen molar-refractivity contribution in [1.29, 1.82) is 0 Å². The molecule has 4 unspecified atom stereocenters. The molecule has 3 aliphatic rings. The van der Waals surface area contributed by atoms with Crippen molar-refractivity contribution in [2.45, 2.75) is 30.1 Å². The second-order valence-corrected chi connectivity index (χ2v) is 11.4. The van der Waals surface area contributed by atoms with Crippen molar-refractivity contribution in [2.24, 2.45) is 11.8 Å². The maximum atomic E-state index is 11.4. The van der Waals surface area contributed by atoms with Crippen LogP contribution in [0.3, 0.4) is 0 Å². The molecule has 0 aromatic carbocycles. The van der Waals surface area contributed by atoms with Crippen LogP contribution in [0.5, 0.6) is 0 Å². The fourth-order valence-electron chi connectivity index (χ4n) is 3.58. The second-order valence-electron chi connectivity index (χ2n) is 8.15. The van der Waals surface area contributed by atoms with E-state index >= 15 is 0 Å². The quantitative estimate of drug-likeness (QED) is 0.230. The average molecular weight is 511 g/mol. The zero-order chi connectivity index (χ0) is 25.2. The molecule has 0 spiro atoms. The third-order valence-electron chi connectivity index (χ3n) is 5.72. The predicted octanol–water partition coefficient (Wildman–Crippen LogP) is -0.255. The first-order valence-corrected chi connectivity index (χ1v) is 13.0. The van der Waals surface area contributed by atoms with E-state index in [1.54, 1.807) is 0 Å². The lowest BCUT2D eigenvalue weighted by molar-refractivity contribution is 0.116. The van der Waals surface area contributed by atoms with Crippen molar-refractivity contribution in [3.63, 3.8) is 0 Å². The van der Waals surface area contributed by atoms with Crippen molar-refractivity contribution < 1.29 is 46.4 Å². The molecule has 0 aromatic rings. The van der Waals surface area contributed by atoms with Gasteiger partial charge in [-0.1, -0.05) is 26.0 Å². The van der Waals surface area contributed by atoms with Crippen LogP contribution < -0.4 is 10.6 Å². The monoisotopic (exact) mass is 510 g/mol. The first-order valence-electron chi connectivity index (χ1n) is 10.1. The Morgan fingerprint density at radius 1 is 0.788 bits per heavy atom. The highest BCUT2D eigenvalue weighted by molar-refractivity contribution is 7.87. The molecule has 0 aromatic heterocycles. The lowest BCUT2D eigenvalue weighted by atomic mass is 9.86.